The number of halogens is 1. The van der Waals surface area contributed by atoms with Gasteiger partial charge in [0.25, 0.3) is 0 Å². The molecule has 1 fully saturated rings. The Hall–Kier alpha value is -0.732. The molecule has 6 heteroatoms. The number of ether oxygens (including phenoxy) is 1. The van der Waals surface area contributed by atoms with E-state index in [-0.39, 0.29) is 5.97 Å². The third kappa shape index (κ3) is 2.75. The number of esters is 1. The molecule has 1 aliphatic rings. The summed E-state index contributed by atoms with van der Waals surface area (Å²) in [7, 11) is 0. The number of aromatic nitrogens is 1. The number of carbonyl (C=O) groups is 1. The van der Waals surface area contributed by atoms with Gasteiger partial charge in [-0.05, 0) is 0 Å². The van der Waals surface area contributed by atoms with Crippen molar-refractivity contribution >= 4 is 40.2 Å². The van der Waals surface area contributed by atoms with Crippen LogP contribution in [0.3, 0.4) is 0 Å². The molecule has 1 aliphatic heterocycles. The summed E-state index contributed by atoms with van der Waals surface area (Å²) in [5.74, 6) is 0.351. The molecule has 90 valence electrons. The maximum absolute atomic E-state index is 11.5. The second-order valence-corrected chi connectivity index (χ2v) is 5.75. The van der Waals surface area contributed by atoms with E-state index in [2.05, 4.69) is 26.7 Å². The predicted molar refractivity (Wildman–Crippen MR) is 66.9 cm³/mol. The average Bonchev–Trinajstić information content (AvgIpc) is 2.25. The van der Waals surface area contributed by atoms with Crippen LogP contribution in [0, 0.1) is 0 Å². The fourth-order valence-electron chi connectivity index (χ4n) is 1.62. The summed E-state index contributed by atoms with van der Waals surface area (Å²) in [6.07, 6.45) is 1.51. The number of hydrogen-bond acceptors (Lipinski definition) is 4. The Morgan fingerprint density at radius 3 is 2.94 bits per heavy atom. The van der Waals surface area contributed by atoms with Gasteiger partial charge in [-0.15, -0.1) is 0 Å². The minimum atomic E-state index is -0.387. The van der Waals surface area contributed by atoms with Crippen molar-refractivity contribution in [2.75, 3.05) is 24.6 Å². The van der Waals surface area contributed by atoms with Gasteiger partial charge in [0.2, 0.25) is 0 Å². The topological polar surface area (TPSA) is 42.4 Å². The van der Waals surface area contributed by atoms with Gasteiger partial charge < -0.3 is 0 Å². The van der Waals surface area contributed by atoms with E-state index in [0.29, 0.717) is 21.9 Å². The zero-order valence-electron chi connectivity index (χ0n) is 9.39. The molecule has 0 unspecified atom stereocenters. The Bertz CT molecular complexity index is 435. The molecule has 1 aromatic heterocycles. The summed E-state index contributed by atoms with van der Waals surface area (Å²) in [6.45, 7) is 3.98. The van der Waals surface area contributed by atoms with Crippen LogP contribution in [-0.2, 0) is 4.74 Å². The first-order valence-electron chi connectivity index (χ1n) is 5.37. The minimum absolute atomic E-state index is 0.347. The molecule has 17 heavy (non-hydrogen) atoms. The average molecular weight is 315 g/mol. The summed E-state index contributed by atoms with van der Waals surface area (Å²) < 4.78 is 5.50. The van der Waals surface area contributed by atoms with Gasteiger partial charge >= 0.3 is 114 Å². The summed E-state index contributed by atoms with van der Waals surface area (Å²) in [5, 5.41) is 0.495. The van der Waals surface area contributed by atoms with Crippen LogP contribution >= 0.6 is 11.6 Å². The Balaban J connectivity index is 2.14. The third-order valence-corrected chi connectivity index (χ3v) is 3.46. The first-order chi connectivity index (χ1) is 8.11. The normalized spacial score (nSPS) is 15.6. The second-order valence-electron chi connectivity index (χ2n) is 3.81. The number of rotatable bonds is 3. The molecule has 4 nitrogen and oxygen atoms in total. The monoisotopic (exact) mass is 314 g/mol. The van der Waals surface area contributed by atoms with E-state index in [1.54, 1.807) is 13.0 Å². The van der Waals surface area contributed by atoms with Crippen LogP contribution in [0.1, 0.15) is 17.3 Å². The number of carbonyl (C=O) groups excluding carboxylic acids is 1. The van der Waals surface area contributed by atoms with E-state index >= 15 is 0 Å². The number of nitrogens with zero attached hydrogens (tertiary/aromatic N) is 2. The van der Waals surface area contributed by atoms with Gasteiger partial charge in [0.15, 0.2) is 0 Å². The Morgan fingerprint density at radius 1 is 1.71 bits per heavy atom. The van der Waals surface area contributed by atoms with E-state index in [1.165, 1.54) is 6.20 Å². The molecule has 0 bridgehead atoms. The molecule has 0 aliphatic carbocycles. The number of hydrogen-bond donors (Lipinski definition) is 0. The van der Waals surface area contributed by atoms with Gasteiger partial charge in [-0.1, -0.05) is 0 Å². The van der Waals surface area contributed by atoms with Crippen molar-refractivity contribution in [2.45, 2.75) is 11.6 Å². The molecule has 0 spiro atoms. The standard InChI is InChI=1S/C11H12AsClN2O2/c1-2-17-11(16)7-3-9(13)10(14-4-7)15-5-8(12)6-15/h3-4,8H,2,5-6H2,1H3. The fraction of sp³-hybridized carbons (Fsp3) is 0.455. The molecule has 1 saturated heterocycles. The number of pyridine rings is 1. The van der Waals surface area contributed by atoms with Crippen molar-refractivity contribution in [1.82, 2.24) is 4.98 Å². The summed E-state index contributed by atoms with van der Waals surface area (Å²) >= 11 is 8.73. The van der Waals surface area contributed by atoms with Gasteiger partial charge in [-0.2, -0.15) is 0 Å². The molecule has 2 radical (unpaired) electrons. The van der Waals surface area contributed by atoms with Gasteiger partial charge in [-0.25, -0.2) is 0 Å². The SMILES string of the molecule is CCOC(=O)c1cnc(N2CC([As])C2)c(Cl)c1. The van der Waals surface area contributed by atoms with Crippen LogP contribution < -0.4 is 4.90 Å². The van der Waals surface area contributed by atoms with Crippen molar-refractivity contribution in [3.05, 3.63) is 22.8 Å². The molecule has 0 N–H and O–H groups in total. The molecule has 0 amide bonds. The van der Waals surface area contributed by atoms with Crippen LogP contribution in [0.2, 0.25) is 9.73 Å². The molecule has 0 atom stereocenters. The van der Waals surface area contributed by atoms with Crippen LogP contribution in [0.15, 0.2) is 12.3 Å². The van der Waals surface area contributed by atoms with Crippen molar-refractivity contribution in [2.24, 2.45) is 0 Å². The van der Waals surface area contributed by atoms with E-state index in [1.807, 2.05) is 0 Å². The van der Waals surface area contributed by atoms with Crippen LogP contribution in [0.25, 0.3) is 0 Å². The Kier molecular flexibility index (Phi) is 3.95. The second kappa shape index (κ2) is 5.28. The van der Waals surface area contributed by atoms with E-state index in [4.69, 9.17) is 16.3 Å². The molecule has 2 rings (SSSR count). The summed E-state index contributed by atoms with van der Waals surface area (Å²) in [5.41, 5.74) is 0.393. The third-order valence-electron chi connectivity index (χ3n) is 2.49. The van der Waals surface area contributed by atoms with Crippen molar-refractivity contribution in [3.8, 4) is 0 Å². The van der Waals surface area contributed by atoms with Crippen molar-refractivity contribution < 1.29 is 9.53 Å². The van der Waals surface area contributed by atoms with Crippen LogP contribution in [0.4, 0.5) is 5.82 Å². The quantitative estimate of drug-likeness (QED) is 0.629. The molecule has 0 aromatic carbocycles. The van der Waals surface area contributed by atoms with Crippen molar-refractivity contribution in [1.29, 1.82) is 0 Å². The molecule has 1 aromatic rings. The zero-order chi connectivity index (χ0) is 12.4. The molecular weight excluding hydrogens is 303 g/mol. The van der Waals surface area contributed by atoms with Gasteiger partial charge in [0.05, 0.1) is 0 Å². The molecule has 2 heterocycles. The van der Waals surface area contributed by atoms with E-state index < -0.39 is 0 Å². The Labute approximate surface area is 114 Å². The summed E-state index contributed by atoms with van der Waals surface area (Å²) in [6, 6.07) is 1.61. The van der Waals surface area contributed by atoms with Crippen LogP contribution in [0.5, 0.6) is 0 Å². The van der Waals surface area contributed by atoms with Gasteiger partial charge in [0, 0.05) is 0 Å². The van der Waals surface area contributed by atoms with Gasteiger partial charge in [-0.3, -0.25) is 0 Å². The zero-order valence-corrected chi connectivity index (χ0v) is 12.0. The maximum atomic E-state index is 11.5. The van der Waals surface area contributed by atoms with E-state index in [0.717, 1.165) is 18.9 Å². The van der Waals surface area contributed by atoms with Crippen LogP contribution in [-0.4, -0.2) is 47.5 Å². The fourth-order valence-corrected chi connectivity index (χ4v) is 2.73. The summed E-state index contributed by atoms with van der Waals surface area (Å²) in [4.78, 5) is 17.8. The molecule has 0 saturated carbocycles. The van der Waals surface area contributed by atoms with E-state index in [9.17, 15) is 4.79 Å². The predicted octanol–water partition coefficient (Wildman–Crippen LogP) is 1.69. The first-order valence-corrected chi connectivity index (χ1v) is 6.83. The first kappa shape index (κ1) is 12.7. The molecular formula is C11H12AsClN2O2. The number of anilines is 1. The van der Waals surface area contributed by atoms with Crippen molar-refractivity contribution in [3.63, 3.8) is 0 Å². The Morgan fingerprint density at radius 2 is 2.41 bits per heavy atom. The van der Waals surface area contributed by atoms with Gasteiger partial charge in [0.1, 0.15) is 0 Å².